The smallest absolute Gasteiger partial charge is 0.341 e. The number of aromatic hydroxyl groups is 1. The van der Waals surface area contributed by atoms with E-state index in [2.05, 4.69) is 4.74 Å². The van der Waals surface area contributed by atoms with E-state index in [-0.39, 0.29) is 16.2 Å². The lowest BCUT2D eigenvalue weighted by molar-refractivity contribution is 0.0597. The van der Waals surface area contributed by atoms with Gasteiger partial charge >= 0.3 is 5.97 Å². The zero-order valence-electron chi connectivity index (χ0n) is 10.4. The Kier molecular flexibility index (Phi) is 4.31. The molecule has 0 spiro atoms. The van der Waals surface area contributed by atoms with Gasteiger partial charge < -0.3 is 9.84 Å². The summed E-state index contributed by atoms with van der Waals surface area (Å²) in [4.78, 5) is 11.3. The molecule has 100 valence electrons. The van der Waals surface area contributed by atoms with Crippen molar-refractivity contribution >= 4 is 16.0 Å². The molecule has 0 saturated carbocycles. The Morgan fingerprint density at radius 3 is 2.56 bits per heavy atom. The molecule has 6 nitrogen and oxygen atoms in total. The number of carbonyl (C=O) groups excluding carboxylic acids is 1. The highest BCUT2D eigenvalue weighted by Crippen LogP contribution is 2.23. The first kappa shape index (κ1) is 14.5. The number of phenolic OH excluding ortho intramolecular Hbond substituents is 1. The lowest BCUT2D eigenvalue weighted by atomic mass is 10.2. The Balaban J connectivity index is 3.33. The molecular formula is C11H15NO5S. The molecule has 1 aromatic carbocycles. The van der Waals surface area contributed by atoms with Crippen molar-refractivity contribution in [2.45, 2.75) is 11.8 Å². The summed E-state index contributed by atoms with van der Waals surface area (Å²) in [6.07, 6.45) is 0. The Bertz CT molecular complexity index is 553. The molecule has 0 aliphatic rings. The Hall–Kier alpha value is -1.60. The zero-order valence-corrected chi connectivity index (χ0v) is 11.2. The summed E-state index contributed by atoms with van der Waals surface area (Å²) < 4.78 is 29.7. The number of ether oxygens (including phenoxy) is 1. The van der Waals surface area contributed by atoms with E-state index in [9.17, 15) is 18.3 Å². The third-order valence-corrected chi connectivity index (χ3v) is 4.46. The van der Waals surface area contributed by atoms with Gasteiger partial charge in [0.25, 0.3) is 0 Å². The van der Waals surface area contributed by atoms with E-state index in [1.807, 2.05) is 0 Å². The molecule has 0 unspecified atom stereocenters. The van der Waals surface area contributed by atoms with Crippen LogP contribution in [0.15, 0.2) is 23.1 Å². The van der Waals surface area contributed by atoms with E-state index >= 15 is 0 Å². The van der Waals surface area contributed by atoms with Crippen molar-refractivity contribution in [3.8, 4) is 5.75 Å². The van der Waals surface area contributed by atoms with Gasteiger partial charge in [-0.25, -0.2) is 17.5 Å². The van der Waals surface area contributed by atoms with E-state index < -0.39 is 16.0 Å². The minimum atomic E-state index is -3.66. The summed E-state index contributed by atoms with van der Waals surface area (Å²) >= 11 is 0. The van der Waals surface area contributed by atoms with Crippen molar-refractivity contribution in [3.63, 3.8) is 0 Å². The standard InChI is InChI=1S/C11H15NO5S/c1-4-12(2)18(15,16)8-5-6-10(13)9(7-8)11(14)17-3/h5-7,13H,4H2,1-3H3. The molecule has 1 rings (SSSR count). The second-order valence-electron chi connectivity index (χ2n) is 3.59. The quantitative estimate of drug-likeness (QED) is 0.821. The van der Waals surface area contributed by atoms with Crippen LogP contribution in [0, 0.1) is 0 Å². The van der Waals surface area contributed by atoms with Crippen molar-refractivity contribution in [1.29, 1.82) is 0 Å². The molecule has 0 bridgehead atoms. The largest absolute Gasteiger partial charge is 0.507 e. The summed E-state index contributed by atoms with van der Waals surface area (Å²) in [5.74, 6) is -1.11. The number of hydrogen-bond donors (Lipinski definition) is 1. The first-order valence-electron chi connectivity index (χ1n) is 5.22. The molecule has 0 aliphatic heterocycles. The van der Waals surface area contributed by atoms with Gasteiger partial charge in [0.05, 0.1) is 12.0 Å². The number of hydrogen-bond acceptors (Lipinski definition) is 5. The van der Waals surface area contributed by atoms with Gasteiger partial charge in [0, 0.05) is 13.6 Å². The van der Waals surface area contributed by atoms with Gasteiger partial charge in [-0.3, -0.25) is 0 Å². The van der Waals surface area contributed by atoms with Crippen LogP contribution in [-0.2, 0) is 14.8 Å². The topological polar surface area (TPSA) is 83.9 Å². The second-order valence-corrected chi connectivity index (χ2v) is 5.63. The lowest BCUT2D eigenvalue weighted by Crippen LogP contribution is -2.26. The molecular weight excluding hydrogens is 258 g/mol. The van der Waals surface area contributed by atoms with Gasteiger partial charge in [0.1, 0.15) is 11.3 Å². The van der Waals surface area contributed by atoms with E-state index in [1.165, 1.54) is 13.1 Å². The summed E-state index contributed by atoms with van der Waals surface area (Å²) in [5, 5.41) is 9.49. The van der Waals surface area contributed by atoms with E-state index in [1.54, 1.807) is 6.92 Å². The van der Waals surface area contributed by atoms with Crippen molar-refractivity contribution in [3.05, 3.63) is 23.8 Å². The number of rotatable bonds is 4. The van der Waals surface area contributed by atoms with E-state index in [0.29, 0.717) is 6.54 Å². The minimum Gasteiger partial charge on any atom is -0.507 e. The summed E-state index contributed by atoms with van der Waals surface area (Å²) in [7, 11) is -1.07. The number of carbonyl (C=O) groups is 1. The van der Waals surface area contributed by atoms with Crippen LogP contribution in [0.3, 0.4) is 0 Å². The fourth-order valence-corrected chi connectivity index (χ4v) is 2.51. The van der Waals surface area contributed by atoms with Crippen LogP contribution in [0.5, 0.6) is 5.75 Å². The van der Waals surface area contributed by atoms with Crippen molar-refractivity contribution < 1.29 is 23.1 Å². The summed E-state index contributed by atoms with van der Waals surface area (Å²) in [5.41, 5.74) is -0.178. The molecule has 1 aromatic rings. The monoisotopic (exact) mass is 273 g/mol. The molecule has 0 aromatic heterocycles. The molecule has 0 saturated heterocycles. The van der Waals surface area contributed by atoms with Crippen molar-refractivity contribution in [1.82, 2.24) is 4.31 Å². The highest BCUT2D eigenvalue weighted by Gasteiger charge is 2.22. The molecule has 0 heterocycles. The maximum absolute atomic E-state index is 12.0. The van der Waals surface area contributed by atoms with Crippen LogP contribution in [0.2, 0.25) is 0 Å². The summed E-state index contributed by atoms with van der Waals surface area (Å²) in [6, 6.07) is 3.49. The molecule has 0 radical (unpaired) electrons. The van der Waals surface area contributed by atoms with Gasteiger partial charge in [-0.05, 0) is 18.2 Å². The predicted octanol–water partition coefficient (Wildman–Crippen LogP) is 0.819. The van der Waals surface area contributed by atoms with Crippen molar-refractivity contribution in [2.24, 2.45) is 0 Å². The van der Waals surface area contributed by atoms with Crippen LogP contribution >= 0.6 is 0 Å². The number of esters is 1. The number of nitrogens with zero attached hydrogens (tertiary/aromatic N) is 1. The third kappa shape index (κ3) is 2.62. The summed E-state index contributed by atoms with van der Waals surface area (Å²) in [6.45, 7) is 2.00. The molecule has 0 aliphatic carbocycles. The normalized spacial score (nSPS) is 11.6. The van der Waals surface area contributed by atoms with Gasteiger partial charge in [-0.1, -0.05) is 6.92 Å². The first-order valence-corrected chi connectivity index (χ1v) is 6.66. The molecule has 7 heteroatoms. The molecule has 18 heavy (non-hydrogen) atoms. The lowest BCUT2D eigenvalue weighted by Gasteiger charge is -2.15. The highest BCUT2D eigenvalue weighted by molar-refractivity contribution is 7.89. The number of benzene rings is 1. The zero-order chi connectivity index (χ0) is 13.9. The van der Waals surface area contributed by atoms with Crippen LogP contribution < -0.4 is 0 Å². The average molecular weight is 273 g/mol. The number of sulfonamides is 1. The molecule has 1 N–H and O–H groups in total. The van der Waals surface area contributed by atoms with Crippen LogP contribution in [-0.4, -0.2) is 44.5 Å². The Morgan fingerprint density at radius 1 is 1.44 bits per heavy atom. The Morgan fingerprint density at radius 2 is 2.06 bits per heavy atom. The number of methoxy groups -OCH3 is 1. The minimum absolute atomic E-state index is 0.0648. The predicted molar refractivity (Wildman–Crippen MR) is 64.9 cm³/mol. The fourth-order valence-electron chi connectivity index (χ4n) is 1.30. The highest BCUT2D eigenvalue weighted by atomic mass is 32.2. The molecule has 0 fully saturated rings. The van der Waals surface area contributed by atoms with Gasteiger partial charge in [0.15, 0.2) is 0 Å². The van der Waals surface area contributed by atoms with Crippen LogP contribution in [0.25, 0.3) is 0 Å². The average Bonchev–Trinajstić information content (AvgIpc) is 2.36. The van der Waals surface area contributed by atoms with E-state index in [4.69, 9.17) is 0 Å². The fraction of sp³-hybridized carbons (Fsp3) is 0.364. The SMILES string of the molecule is CCN(C)S(=O)(=O)c1ccc(O)c(C(=O)OC)c1. The third-order valence-electron chi connectivity index (χ3n) is 2.53. The number of phenols is 1. The maximum atomic E-state index is 12.0. The molecule has 0 amide bonds. The van der Waals surface area contributed by atoms with Crippen molar-refractivity contribution in [2.75, 3.05) is 20.7 Å². The van der Waals surface area contributed by atoms with Crippen LogP contribution in [0.1, 0.15) is 17.3 Å². The van der Waals surface area contributed by atoms with Crippen LogP contribution in [0.4, 0.5) is 0 Å². The van der Waals surface area contributed by atoms with Gasteiger partial charge in [0.2, 0.25) is 10.0 Å². The second kappa shape index (κ2) is 5.36. The Labute approximate surface area is 106 Å². The van der Waals surface area contributed by atoms with E-state index in [0.717, 1.165) is 23.5 Å². The van der Waals surface area contributed by atoms with Gasteiger partial charge in [-0.15, -0.1) is 0 Å². The van der Waals surface area contributed by atoms with Gasteiger partial charge in [-0.2, -0.15) is 0 Å². The maximum Gasteiger partial charge on any atom is 0.341 e. The molecule has 0 atom stereocenters. The first-order chi connectivity index (χ1) is 8.34.